The number of benzene rings is 3. The van der Waals surface area contributed by atoms with Crippen molar-refractivity contribution in [2.24, 2.45) is 0 Å². The van der Waals surface area contributed by atoms with Crippen molar-refractivity contribution < 1.29 is 36.4 Å². The molecule has 0 fully saturated rings. The molecule has 3 aromatic carbocycles. The average Bonchev–Trinajstić information content (AvgIpc) is 3.44. The Bertz CT molecular complexity index is 1910. The van der Waals surface area contributed by atoms with E-state index >= 15 is 0 Å². The second-order valence-corrected chi connectivity index (χ2v) is 10.6. The number of anilines is 1. The Balaban J connectivity index is 1.31. The van der Waals surface area contributed by atoms with Gasteiger partial charge < -0.3 is 19.8 Å². The highest BCUT2D eigenvalue weighted by Crippen LogP contribution is 2.30. The summed E-state index contributed by atoms with van der Waals surface area (Å²) in [6.07, 6.45) is 3.14. The Morgan fingerprint density at radius 1 is 1.02 bits per heavy atom. The van der Waals surface area contributed by atoms with Crippen LogP contribution in [0.25, 0.3) is 11.0 Å². The lowest BCUT2D eigenvalue weighted by atomic mass is 10.2. The number of aromatic nitrogens is 2. The molecule has 5 rings (SSSR count). The van der Waals surface area contributed by atoms with Gasteiger partial charge in [0.05, 0.1) is 21.6 Å². The Morgan fingerprint density at radius 2 is 1.79 bits per heavy atom. The number of carbonyl (C=O) groups excluding carboxylic acids is 1. The van der Waals surface area contributed by atoms with Crippen LogP contribution in [0.4, 0.5) is 20.2 Å². The number of nitrogens with zero attached hydrogens (tertiary/aromatic N) is 2. The summed E-state index contributed by atoms with van der Waals surface area (Å²) in [5.74, 6) is -0.696. The highest BCUT2D eigenvalue weighted by molar-refractivity contribution is 7.90. The van der Waals surface area contributed by atoms with Gasteiger partial charge in [0, 0.05) is 24.2 Å². The van der Waals surface area contributed by atoms with Gasteiger partial charge in [0.1, 0.15) is 28.6 Å². The molecule has 0 spiro atoms. The van der Waals surface area contributed by atoms with Gasteiger partial charge in [0.2, 0.25) is 0 Å². The molecule has 0 aliphatic carbocycles. The van der Waals surface area contributed by atoms with Crippen LogP contribution in [0.2, 0.25) is 0 Å². The molecule has 0 saturated heterocycles. The fraction of sp³-hybridized carbons (Fsp3) is 0.0714. The number of para-hydroxylation sites is 1. The quantitative estimate of drug-likeness (QED) is 0.128. The van der Waals surface area contributed by atoms with Crippen LogP contribution in [-0.2, 0) is 16.6 Å². The number of rotatable bonds is 11. The molecular formula is C28H21F2N5O7S. The molecule has 0 saturated carbocycles. The molecule has 0 unspecified atom stereocenters. The fourth-order valence-electron chi connectivity index (χ4n) is 4.05. The van der Waals surface area contributed by atoms with Crippen molar-refractivity contribution in [3.8, 4) is 17.2 Å². The maximum atomic E-state index is 13.1. The van der Waals surface area contributed by atoms with Gasteiger partial charge in [-0.3, -0.25) is 14.9 Å². The number of nitro groups is 1. The van der Waals surface area contributed by atoms with Crippen LogP contribution in [-0.4, -0.2) is 35.8 Å². The first-order chi connectivity index (χ1) is 20.6. The van der Waals surface area contributed by atoms with Crippen molar-refractivity contribution in [1.82, 2.24) is 14.7 Å². The summed E-state index contributed by atoms with van der Waals surface area (Å²) < 4.78 is 62.9. The van der Waals surface area contributed by atoms with E-state index in [-0.39, 0.29) is 29.3 Å². The van der Waals surface area contributed by atoms with Gasteiger partial charge in [0.25, 0.3) is 21.6 Å². The summed E-state index contributed by atoms with van der Waals surface area (Å²) in [4.78, 5) is 30.7. The van der Waals surface area contributed by atoms with Gasteiger partial charge in [-0.25, -0.2) is 18.1 Å². The molecule has 0 atom stereocenters. The predicted molar refractivity (Wildman–Crippen MR) is 151 cm³/mol. The second kappa shape index (κ2) is 12.1. The van der Waals surface area contributed by atoms with Gasteiger partial charge in [0.15, 0.2) is 0 Å². The Morgan fingerprint density at radius 3 is 2.53 bits per heavy atom. The van der Waals surface area contributed by atoms with Crippen LogP contribution in [0.1, 0.15) is 15.9 Å². The number of nitrogens with one attached hydrogen (secondary N) is 3. The fourth-order valence-corrected chi connectivity index (χ4v) is 5.03. The molecule has 3 N–H and O–H groups in total. The van der Waals surface area contributed by atoms with Crippen molar-refractivity contribution in [2.75, 3.05) is 5.32 Å². The van der Waals surface area contributed by atoms with Gasteiger partial charge in [-0.05, 0) is 54.1 Å². The zero-order valence-corrected chi connectivity index (χ0v) is 22.7. The monoisotopic (exact) mass is 609 g/mol. The summed E-state index contributed by atoms with van der Waals surface area (Å²) in [6, 6.07) is 18.2. The SMILES string of the molecule is O=C(NS(=O)(=O)c1ccc(NCc2ccc(OC(F)F)cc2)c([N+](=O)[O-])c1)c1ccccc1Oc1cnc2[nH]ccc2c1. The number of H-pyrrole nitrogens is 1. The first-order valence-electron chi connectivity index (χ1n) is 12.4. The summed E-state index contributed by atoms with van der Waals surface area (Å²) in [5, 5.41) is 15.3. The van der Waals surface area contributed by atoms with E-state index in [1.54, 1.807) is 24.4 Å². The number of hydrogen-bond acceptors (Lipinski definition) is 9. The Labute approximate surface area is 242 Å². The second-order valence-electron chi connectivity index (χ2n) is 8.93. The Hall–Kier alpha value is -5.57. The van der Waals surface area contributed by atoms with E-state index in [2.05, 4.69) is 20.0 Å². The number of alkyl halides is 2. The molecular weight excluding hydrogens is 588 g/mol. The number of ether oxygens (including phenoxy) is 2. The molecule has 15 heteroatoms. The molecule has 220 valence electrons. The minimum atomic E-state index is -4.55. The molecule has 0 aliphatic rings. The van der Waals surface area contributed by atoms with Gasteiger partial charge in [-0.15, -0.1) is 0 Å². The third-order valence-corrected chi connectivity index (χ3v) is 7.40. The van der Waals surface area contributed by atoms with E-state index in [1.165, 1.54) is 54.7 Å². The number of sulfonamides is 1. The topological polar surface area (TPSA) is 166 Å². The predicted octanol–water partition coefficient (Wildman–Crippen LogP) is 5.60. The molecule has 0 aliphatic heterocycles. The van der Waals surface area contributed by atoms with E-state index in [0.717, 1.165) is 17.5 Å². The number of hydrogen-bond donors (Lipinski definition) is 3. The highest BCUT2D eigenvalue weighted by atomic mass is 32.2. The molecule has 2 aromatic heterocycles. The number of amides is 1. The van der Waals surface area contributed by atoms with Crippen molar-refractivity contribution >= 4 is 38.3 Å². The van der Waals surface area contributed by atoms with Crippen LogP contribution in [0, 0.1) is 10.1 Å². The first kappa shape index (κ1) is 28.9. The normalized spacial score (nSPS) is 11.3. The molecule has 5 aromatic rings. The molecule has 0 bridgehead atoms. The minimum Gasteiger partial charge on any atom is -0.455 e. The van der Waals surface area contributed by atoms with E-state index in [1.807, 2.05) is 4.72 Å². The summed E-state index contributed by atoms with van der Waals surface area (Å²) in [6.45, 7) is -2.92. The smallest absolute Gasteiger partial charge is 0.387 e. The lowest BCUT2D eigenvalue weighted by molar-refractivity contribution is -0.384. The van der Waals surface area contributed by atoms with Crippen LogP contribution in [0.3, 0.4) is 0 Å². The third kappa shape index (κ3) is 6.84. The lowest BCUT2D eigenvalue weighted by Crippen LogP contribution is -2.30. The van der Waals surface area contributed by atoms with Crippen LogP contribution in [0.5, 0.6) is 17.2 Å². The standard InChI is InChI=1S/C28H21F2N5O7S/c29-28(30)42-19-7-5-17(6-8-19)15-32-23-10-9-21(14-24(23)35(37)38)43(39,40)34-27(36)22-3-1-2-4-25(22)41-20-13-18-11-12-31-26(18)33-16-20/h1-14,16,28,32H,15H2,(H,31,33)(H,34,36). The van der Waals surface area contributed by atoms with E-state index < -0.39 is 38.0 Å². The number of carbonyl (C=O) groups is 1. The summed E-state index contributed by atoms with van der Waals surface area (Å²) in [5.41, 5.74) is 0.554. The van der Waals surface area contributed by atoms with Gasteiger partial charge >= 0.3 is 6.61 Å². The number of nitro benzene ring substituents is 1. The van der Waals surface area contributed by atoms with Gasteiger partial charge in [-0.2, -0.15) is 8.78 Å². The zero-order valence-electron chi connectivity index (χ0n) is 21.9. The first-order valence-corrected chi connectivity index (χ1v) is 13.9. The maximum absolute atomic E-state index is 13.1. The maximum Gasteiger partial charge on any atom is 0.387 e. The summed E-state index contributed by atoms with van der Waals surface area (Å²) >= 11 is 0. The van der Waals surface area contributed by atoms with E-state index in [4.69, 9.17) is 4.74 Å². The van der Waals surface area contributed by atoms with Crippen LogP contribution < -0.4 is 19.5 Å². The van der Waals surface area contributed by atoms with Crippen molar-refractivity contribution in [3.05, 3.63) is 112 Å². The lowest BCUT2D eigenvalue weighted by Gasteiger charge is -2.13. The number of fused-ring (bicyclic) bond motifs is 1. The number of halogens is 2. The largest absolute Gasteiger partial charge is 0.455 e. The van der Waals surface area contributed by atoms with E-state index in [0.29, 0.717) is 17.0 Å². The molecule has 12 nitrogen and oxygen atoms in total. The summed E-state index contributed by atoms with van der Waals surface area (Å²) in [7, 11) is -4.55. The van der Waals surface area contributed by atoms with E-state index in [9.17, 15) is 32.1 Å². The minimum absolute atomic E-state index is 0.00469. The number of aromatic amines is 1. The van der Waals surface area contributed by atoms with Crippen LogP contribution >= 0.6 is 0 Å². The van der Waals surface area contributed by atoms with Crippen molar-refractivity contribution in [3.63, 3.8) is 0 Å². The molecule has 43 heavy (non-hydrogen) atoms. The molecule has 1 amide bonds. The van der Waals surface area contributed by atoms with Crippen molar-refractivity contribution in [1.29, 1.82) is 0 Å². The number of pyridine rings is 1. The zero-order chi connectivity index (χ0) is 30.6. The average molecular weight is 610 g/mol. The van der Waals surface area contributed by atoms with Crippen molar-refractivity contribution in [2.45, 2.75) is 18.1 Å². The van der Waals surface area contributed by atoms with Gasteiger partial charge in [-0.1, -0.05) is 24.3 Å². The van der Waals surface area contributed by atoms with Crippen LogP contribution in [0.15, 0.2) is 96.2 Å². The Kier molecular flexibility index (Phi) is 8.16. The molecule has 2 heterocycles. The molecule has 0 radical (unpaired) electrons. The third-order valence-electron chi connectivity index (χ3n) is 6.07. The highest BCUT2D eigenvalue weighted by Gasteiger charge is 2.25.